The number of benzene rings is 2. The van der Waals surface area contributed by atoms with Crippen molar-refractivity contribution in [3.8, 4) is 17.2 Å². The largest absolute Gasteiger partial charge is 0.507 e. The third kappa shape index (κ3) is 4.76. The number of nitrogens with one attached hydrogen (secondary N) is 2. The molecule has 34 heavy (non-hydrogen) atoms. The molecule has 3 aromatic rings. The van der Waals surface area contributed by atoms with E-state index in [1.54, 1.807) is 18.2 Å². The van der Waals surface area contributed by atoms with Crippen LogP contribution in [-0.2, 0) is 12.7 Å². The molecule has 1 aliphatic heterocycles. The number of phenols is 1. The summed E-state index contributed by atoms with van der Waals surface area (Å²) >= 11 is 0. The fraction of sp³-hybridized carbons (Fsp3) is 0.400. The van der Waals surface area contributed by atoms with Gasteiger partial charge in [-0.25, -0.2) is 0 Å². The van der Waals surface area contributed by atoms with E-state index in [1.165, 1.54) is 23.1 Å². The van der Waals surface area contributed by atoms with Crippen LogP contribution >= 0.6 is 0 Å². The number of hydrogen-bond acceptors (Lipinski definition) is 4. The number of fused-ring (bicyclic) bond motifs is 1. The SMILES string of the molecule is CC(C)c1ccccc1Oc1c(C(F)(F)F)oc2c(C[NH+]3CC[NH+](C)CC3)c(O)ccc2c1=O. The molecule has 6 nitrogen and oxygen atoms in total. The van der Waals surface area contributed by atoms with Crippen LogP contribution in [-0.4, -0.2) is 38.3 Å². The zero-order chi connectivity index (χ0) is 24.6. The van der Waals surface area contributed by atoms with Crippen LogP contribution in [0.3, 0.4) is 0 Å². The van der Waals surface area contributed by atoms with E-state index in [4.69, 9.17) is 9.15 Å². The first-order valence-corrected chi connectivity index (χ1v) is 11.4. The maximum atomic E-state index is 14.1. The van der Waals surface area contributed by atoms with E-state index in [9.17, 15) is 23.1 Å². The summed E-state index contributed by atoms with van der Waals surface area (Å²) < 4.78 is 53.2. The minimum Gasteiger partial charge on any atom is -0.507 e. The number of aromatic hydroxyl groups is 1. The molecule has 0 spiro atoms. The van der Waals surface area contributed by atoms with Crippen molar-refractivity contribution in [2.75, 3.05) is 33.2 Å². The highest BCUT2D eigenvalue weighted by molar-refractivity contribution is 5.83. The molecule has 0 saturated carbocycles. The van der Waals surface area contributed by atoms with Crippen molar-refractivity contribution in [2.24, 2.45) is 0 Å². The zero-order valence-corrected chi connectivity index (χ0v) is 19.4. The van der Waals surface area contributed by atoms with E-state index in [0.717, 1.165) is 31.1 Å². The summed E-state index contributed by atoms with van der Waals surface area (Å²) in [5.74, 6) is -2.47. The lowest BCUT2D eigenvalue weighted by Crippen LogP contribution is -3.26. The Morgan fingerprint density at radius 2 is 1.76 bits per heavy atom. The monoisotopic (exact) mass is 478 g/mol. The molecule has 2 heterocycles. The van der Waals surface area contributed by atoms with Gasteiger partial charge in [0.05, 0.1) is 18.0 Å². The fourth-order valence-corrected chi connectivity index (χ4v) is 4.35. The van der Waals surface area contributed by atoms with E-state index in [0.29, 0.717) is 5.56 Å². The van der Waals surface area contributed by atoms with Crippen LogP contribution in [0.2, 0.25) is 0 Å². The Labute approximate surface area is 195 Å². The van der Waals surface area contributed by atoms with Crippen molar-refractivity contribution in [3.63, 3.8) is 0 Å². The molecule has 0 aliphatic carbocycles. The first-order chi connectivity index (χ1) is 16.1. The number of likely N-dealkylation sites (N-methyl/N-ethyl adjacent to an activating group) is 1. The Hall–Kier alpha value is -3.04. The first kappa shape index (κ1) is 24.1. The molecule has 0 bridgehead atoms. The van der Waals surface area contributed by atoms with E-state index in [-0.39, 0.29) is 40.5 Å². The number of hydrogen-bond donors (Lipinski definition) is 3. The fourth-order valence-electron chi connectivity index (χ4n) is 4.35. The van der Waals surface area contributed by atoms with Gasteiger partial charge < -0.3 is 24.1 Å². The van der Waals surface area contributed by atoms with Gasteiger partial charge in [-0.3, -0.25) is 4.79 Å². The van der Waals surface area contributed by atoms with Gasteiger partial charge in [0.15, 0.2) is 5.58 Å². The summed E-state index contributed by atoms with van der Waals surface area (Å²) in [4.78, 5) is 15.8. The summed E-state index contributed by atoms with van der Waals surface area (Å²) in [7, 11) is 2.08. The predicted octanol–water partition coefficient (Wildman–Crippen LogP) is 2.35. The van der Waals surface area contributed by atoms with E-state index in [1.807, 2.05) is 13.8 Å². The average Bonchev–Trinajstić information content (AvgIpc) is 2.78. The summed E-state index contributed by atoms with van der Waals surface area (Å²) in [6, 6.07) is 9.27. The molecule has 3 N–H and O–H groups in total. The van der Waals surface area contributed by atoms with Crippen molar-refractivity contribution in [2.45, 2.75) is 32.5 Å². The number of piperazine rings is 1. The van der Waals surface area contributed by atoms with Crippen molar-refractivity contribution >= 4 is 11.0 Å². The lowest BCUT2D eigenvalue weighted by atomic mass is 10.0. The standard InChI is InChI=1S/C25H27F3N2O4/c1-15(2)16-6-4-5-7-20(16)33-23-21(32)17-8-9-19(31)18(14-30-12-10-29(3)11-13-30)22(17)34-24(23)25(26,27)28/h4-9,15,31H,10-14H2,1-3H3/p+2. The minimum atomic E-state index is -4.97. The molecule has 9 heteroatoms. The molecule has 0 atom stereocenters. The molecular formula is C25H29F3N2O4+2. The Morgan fingerprint density at radius 3 is 2.41 bits per heavy atom. The highest BCUT2D eigenvalue weighted by Gasteiger charge is 2.41. The lowest BCUT2D eigenvalue weighted by molar-refractivity contribution is -1.01. The van der Waals surface area contributed by atoms with Crippen LogP contribution in [0.4, 0.5) is 13.2 Å². The van der Waals surface area contributed by atoms with Crippen LogP contribution in [0.15, 0.2) is 45.6 Å². The number of rotatable bonds is 5. The van der Waals surface area contributed by atoms with Crippen LogP contribution in [0, 0.1) is 0 Å². The van der Waals surface area contributed by atoms with Crippen molar-refractivity contribution in [1.82, 2.24) is 0 Å². The van der Waals surface area contributed by atoms with Gasteiger partial charge in [0.2, 0.25) is 11.2 Å². The second-order valence-electron chi connectivity index (χ2n) is 9.21. The van der Waals surface area contributed by atoms with Gasteiger partial charge in [-0.05, 0) is 29.7 Å². The Morgan fingerprint density at radius 1 is 1.09 bits per heavy atom. The predicted molar refractivity (Wildman–Crippen MR) is 121 cm³/mol. The minimum absolute atomic E-state index is 0.0324. The normalized spacial score (nSPS) is 19.0. The number of para-hydroxylation sites is 1. The topological polar surface area (TPSA) is 68.6 Å². The molecule has 0 radical (unpaired) electrons. The van der Waals surface area contributed by atoms with Crippen LogP contribution in [0.25, 0.3) is 11.0 Å². The molecule has 4 rings (SSSR count). The number of ether oxygens (including phenoxy) is 1. The molecule has 0 amide bonds. The van der Waals surface area contributed by atoms with Gasteiger partial charge in [0.25, 0.3) is 5.76 Å². The molecule has 1 aliphatic rings. The number of phenolic OH excluding ortho intramolecular Hbond substituents is 1. The molecule has 1 saturated heterocycles. The van der Waals surface area contributed by atoms with Gasteiger partial charge in [-0.15, -0.1) is 0 Å². The molecule has 2 aromatic carbocycles. The number of alkyl halides is 3. The van der Waals surface area contributed by atoms with Gasteiger partial charge in [-0.1, -0.05) is 32.0 Å². The molecular weight excluding hydrogens is 449 g/mol. The third-order valence-corrected chi connectivity index (χ3v) is 6.34. The number of quaternary nitrogens is 2. The van der Waals surface area contributed by atoms with Gasteiger partial charge >= 0.3 is 6.18 Å². The quantitative estimate of drug-likeness (QED) is 0.527. The van der Waals surface area contributed by atoms with E-state index < -0.39 is 23.1 Å². The smallest absolute Gasteiger partial charge is 0.453 e. The van der Waals surface area contributed by atoms with Crippen molar-refractivity contribution in [1.29, 1.82) is 0 Å². The maximum absolute atomic E-state index is 14.1. The molecule has 0 unspecified atom stereocenters. The van der Waals surface area contributed by atoms with Crippen LogP contribution < -0.4 is 20.0 Å². The lowest BCUT2D eigenvalue weighted by Gasteiger charge is -2.27. The first-order valence-electron chi connectivity index (χ1n) is 11.4. The van der Waals surface area contributed by atoms with Gasteiger partial charge in [-0.2, -0.15) is 13.2 Å². The van der Waals surface area contributed by atoms with Gasteiger partial charge in [0, 0.05) is 0 Å². The highest BCUT2D eigenvalue weighted by Crippen LogP contribution is 2.40. The maximum Gasteiger partial charge on any atom is 0.453 e. The molecule has 1 fully saturated rings. The molecule has 182 valence electrons. The summed E-state index contributed by atoms with van der Waals surface area (Å²) in [6.07, 6.45) is -4.97. The van der Waals surface area contributed by atoms with Crippen LogP contribution in [0.1, 0.15) is 36.7 Å². The highest BCUT2D eigenvalue weighted by atomic mass is 19.4. The third-order valence-electron chi connectivity index (χ3n) is 6.34. The molecule has 1 aromatic heterocycles. The summed E-state index contributed by atoms with van der Waals surface area (Å²) in [5, 5.41) is 10.4. The van der Waals surface area contributed by atoms with E-state index >= 15 is 0 Å². The Balaban J connectivity index is 1.86. The van der Waals surface area contributed by atoms with E-state index in [2.05, 4.69) is 7.05 Å². The van der Waals surface area contributed by atoms with Crippen molar-refractivity contribution < 1.29 is 37.2 Å². The summed E-state index contributed by atoms with van der Waals surface area (Å²) in [6.45, 7) is 7.43. The number of halogens is 3. The second-order valence-corrected chi connectivity index (χ2v) is 9.21. The zero-order valence-electron chi connectivity index (χ0n) is 19.4. The Kier molecular flexibility index (Phi) is 6.60. The summed E-state index contributed by atoms with van der Waals surface area (Å²) in [5.41, 5.74) is -0.308. The Bertz CT molecular complexity index is 1250. The second kappa shape index (κ2) is 9.31. The average molecular weight is 479 g/mol. The van der Waals surface area contributed by atoms with Crippen molar-refractivity contribution in [3.05, 3.63) is 63.5 Å². The van der Waals surface area contributed by atoms with Gasteiger partial charge in [0.1, 0.15) is 44.2 Å². The van der Waals surface area contributed by atoms with Crippen LogP contribution in [0.5, 0.6) is 17.2 Å².